The molecule has 1 aromatic heterocycles. The zero-order valence-corrected chi connectivity index (χ0v) is 12.6. The molecule has 0 saturated heterocycles. The molecule has 3 rings (SSSR count). The van der Waals surface area contributed by atoms with Gasteiger partial charge in [-0.05, 0) is 11.6 Å². The quantitative estimate of drug-likeness (QED) is 0.829. The van der Waals surface area contributed by atoms with Crippen LogP contribution in [0.2, 0.25) is 0 Å². The van der Waals surface area contributed by atoms with E-state index in [1.807, 2.05) is 30.3 Å². The van der Waals surface area contributed by atoms with Gasteiger partial charge in [0.05, 0.1) is 12.7 Å². The number of benzene rings is 1. The normalized spacial score (nSPS) is 21.2. The average Bonchev–Trinajstić information content (AvgIpc) is 2.42. The summed E-state index contributed by atoms with van der Waals surface area (Å²) in [5.41, 5.74) is 1.21. The molecule has 0 atom stereocenters. The van der Waals surface area contributed by atoms with Crippen LogP contribution in [0.5, 0.6) is 5.88 Å². The number of hydrogen-bond acceptors (Lipinski definition) is 3. The van der Waals surface area contributed by atoms with Crippen LogP contribution in [0.25, 0.3) is 0 Å². The molecule has 1 aromatic carbocycles. The number of nitrogens with zero attached hydrogens (tertiary/aromatic N) is 1. The second-order valence-electron chi connectivity index (χ2n) is 4.94. The Morgan fingerprint density at radius 1 is 1.10 bits per heavy atom. The van der Waals surface area contributed by atoms with Crippen LogP contribution in [0, 0.1) is 0 Å². The lowest BCUT2D eigenvalue weighted by Crippen LogP contribution is -2.39. The van der Waals surface area contributed by atoms with Gasteiger partial charge in [-0.1, -0.05) is 46.3 Å². The maximum Gasteiger partial charge on any atom is 0.214 e. The third-order valence-corrected chi connectivity index (χ3v) is 3.86. The van der Waals surface area contributed by atoms with Crippen LogP contribution in [-0.4, -0.2) is 17.2 Å². The van der Waals surface area contributed by atoms with E-state index in [-0.39, 0.29) is 6.10 Å². The van der Waals surface area contributed by atoms with Gasteiger partial charge in [-0.15, -0.1) is 0 Å². The monoisotopic (exact) mass is 333 g/mol. The Hall–Kier alpha value is -1.39. The first-order chi connectivity index (χ1) is 9.79. The van der Waals surface area contributed by atoms with Crippen molar-refractivity contribution in [2.24, 2.45) is 0 Å². The van der Waals surface area contributed by atoms with E-state index in [1.54, 1.807) is 6.20 Å². The van der Waals surface area contributed by atoms with E-state index in [1.165, 1.54) is 5.56 Å². The van der Waals surface area contributed by atoms with Gasteiger partial charge in [-0.3, -0.25) is 0 Å². The van der Waals surface area contributed by atoms with E-state index in [0.29, 0.717) is 18.6 Å². The summed E-state index contributed by atoms with van der Waals surface area (Å²) in [6, 6.07) is 14.0. The summed E-state index contributed by atoms with van der Waals surface area (Å²) in [5, 5.41) is 0. The minimum absolute atomic E-state index is 0.220. The third-order valence-electron chi connectivity index (χ3n) is 3.36. The van der Waals surface area contributed by atoms with E-state index < -0.39 is 0 Å². The van der Waals surface area contributed by atoms with Crippen molar-refractivity contribution in [2.45, 2.75) is 31.7 Å². The van der Waals surface area contributed by atoms with Crippen LogP contribution in [0.4, 0.5) is 0 Å². The second-order valence-corrected chi connectivity index (χ2v) is 5.86. The fourth-order valence-electron chi connectivity index (χ4n) is 2.16. The van der Waals surface area contributed by atoms with Crippen molar-refractivity contribution in [1.82, 2.24) is 4.98 Å². The third kappa shape index (κ3) is 3.58. The van der Waals surface area contributed by atoms with Crippen LogP contribution < -0.4 is 4.74 Å². The van der Waals surface area contributed by atoms with Crippen LogP contribution >= 0.6 is 15.9 Å². The molecule has 0 N–H and O–H groups in total. The van der Waals surface area contributed by atoms with Crippen LogP contribution in [-0.2, 0) is 11.3 Å². The lowest BCUT2D eigenvalue weighted by molar-refractivity contribution is -0.0695. The minimum atomic E-state index is 0.220. The van der Waals surface area contributed by atoms with Crippen molar-refractivity contribution in [3.05, 3.63) is 58.7 Å². The van der Waals surface area contributed by atoms with E-state index in [2.05, 4.69) is 33.0 Å². The van der Waals surface area contributed by atoms with Crippen molar-refractivity contribution in [3.63, 3.8) is 0 Å². The van der Waals surface area contributed by atoms with Gasteiger partial charge in [-0.25, -0.2) is 4.98 Å². The summed E-state index contributed by atoms with van der Waals surface area (Å²) >= 11 is 3.41. The van der Waals surface area contributed by atoms with Gasteiger partial charge in [-0.2, -0.15) is 0 Å². The van der Waals surface area contributed by atoms with Crippen molar-refractivity contribution >= 4 is 15.9 Å². The SMILES string of the molecule is Brc1ccnc(OC2CC(OCc3ccccc3)C2)c1. The van der Waals surface area contributed by atoms with Crippen molar-refractivity contribution in [3.8, 4) is 5.88 Å². The molecule has 20 heavy (non-hydrogen) atoms. The van der Waals surface area contributed by atoms with Crippen molar-refractivity contribution in [1.29, 1.82) is 0 Å². The highest BCUT2D eigenvalue weighted by Crippen LogP contribution is 2.28. The molecule has 0 amide bonds. The highest BCUT2D eigenvalue weighted by atomic mass is 79.9. The molecule has 1 aliphatic rings. The summed E-state index contributed by atoms with van der Waals surface area (Å²) in [6.07, 6.45) is 4.12. The Bertz CT molecular complexity index is 555. The zero-order valence-electron chi connectivity index (χ0n) is 11.0. The Morgan fingerprint density at radius 2 is 1.90 bits per heavy atom. The lowest BCUT2D eigenvalue weighted by atomic mass is 9.92. The summed E-state index contributed by atoms with van der Waals surface area (Å²) < 4.78 is 12.6. The molecule has 4 heteroatoms. The Balaban J connectivity index is 1.41. The zero-order chi connectivity index (χ0) is 13.8. The fraction of sp³-hybridized carbons (Fsp3) is 0.312. The molecule has 1 aliphatic carbocycles. The largest absolute Gasteiger partial charge is 0.474 e. The predicted molar refractivity (Wildman–Crippen MR) is 80.6 cm³/mol. The Labute approximate surface area is 127 Å². The Morgan fingerprint density at radius 3 is 2.65 bits per heavy atom. The molecular weight excluding hydrogens is 318 g/mol. The number of rotatable bonds is 5. The highest BCUT2D eigenvalue weighted by molar-refractivity contribution is 9.10. The van der Waals surface area contributed by atoms with Crippen molar-refractivity contribution in [2.75, 3.05) is 0 Å². The first-order valence-electron chi connectivity index (χ1n) is 6.73. The van der Waals surface area contributed by atoms with E-state index in [4.69, 9.17) is 9.47 Å². The average molecular weight is 334 g/mol. The highest BCUT2D eigenvalue weighted by Gasteiger charge is 2.31. The fourth-order valence-corrected chi connectivity index (χ4v) is 2.47. The van der Waals surface area contributed by atoms with E-state index >= 15 is 0 Å². The van der Waals surface area contributed by atoms with Crippen LogP contribution in [0.1, 0.15) is 18.4 Å². The molecule has 1 heterocycles. The molecule has 104 valence electrons. The topological polar surface area (TPSA) is 31.4 Å². The van der Waals surface area contributed by atoms with Crippen LogP contribution in [0.3, 0.4) is 0 Å². The molecule has 1 saturated carbocycles. The first-order valence-corrected chi connectivity index (χ1v) is 7.52. The molecule has 0 radical (unpaired) electrons. The van der Waals surface area contributed by atoms with Gasteiger partial charge < -0.3 is 9.47 Å². The van der Waals surface area contributed by atoms with Gasteiger partial charge in [0.2, 0.25) is 5.88 Å². The molecular formula is C16H16BrNO2. The van der Waals surface area contributed by atoms with Gasteiger partial charge in [0.25, 0.3) is 0 Å². The molecule has 0 unspecified atom stereocenters. The molecule has 0 aliphatic heterocycles. The molecule has 2 aromatic rings. The minimum Gasteiger partial charge on any atom is -0.474 e. The molecule has 0 spiro atoms. The first kappa shape index (κ1) is 13.6. The second kappa shape index (κ2) is 6.37. The van der Waals surface area contributed by atoms with Gasteiger partial charge in [0, 0.05) is 29.6 Å². The summed E-state index contributed by atoms with van der Waals surface area (Å²) in [5.74, 6) is 0.672. The maximum absolute atomic E-state index is 5.85. The summed E-state index contributed by atoms with van der Waals surface area (Å²) in [7, 11) is 0. The number of aromatic nitrogens is 1. The lowest BCUT2D eigenvalue weighted by Gasteiger charge is -2.34. The number of ether oxygens (including phenoxy) is 2. The van der Waals surface area contributed by atoms with Gasteiger partial charge in [0.15, 0.2) is 0 Å². The van der Waals surface area contributed by atoms with Crippen LogP contribution in [0.15, 0.2) is 53.1 Å². The number of hydrogen-bond donors (Lipinski definition) is 0. The van der Waals surface area contributed by atoms with E-state index in [9.17, 15) is 0 Å². The molecule has 1 fully saturated rings. The predicted octanol–water partition coefficient (Wildman–Crippen LogP) is 3.97. The van der Waals surface area contributed by atoms with Crippen molar-refractivity contribution < 1.29 is 9.47 Å². The molecule has 3 nitrogen and oxygen atoms in total. The smallest absolute Gasteiger partial charge is 0.214 e. The summed E-state index contributed by atoms with van der Waals surface area (Å²) in [4.78, 5) is 4.19. The number of halogens is 1. The summed E-state index contributed by atoms with van der Waals surface area (Å²) in [6.45, 7) is 0.674. The maximum atomic E-state index is 5.85. The Kier molecular flexibility index (Phi) is 4.33. The molecule has 0 bridgehead atoms. The van der Waals surface area contributed by atoms with Gasteiger partial charge >= 0.3 is 0 Å². The van der Waals surface area contributed by atoms with Gasteiger partial charge in [0.1, 0.15) is 6.10 Å². The number of pyridine rings is 1. The standard InChI is InChI=1S/C16H16BrNO2/c17-13-6-7-18-16(8-13)20-15-9-14(10-15)19-11-12-4-2-1-3-5-12/h1-8,14-15H,9-11H2. The van der Waals surface area contributed by atoms with E-state index in [0.717, 1.165) is 17.3 Å².